The Labute approximate surface area is 188 Å². The Morgan fingerprint density at radius 3 is 2.19 bits per heavy atom. The van der Waals surface area contributed by atoms with Crippen molar-refractivity contribution in [2.24, 2.45) is 0 Å². The summed E-state index contributed by atoms with van der Waals surface area (Å²) in [6.07, 6.45) is 0. The molecule has 1 aliphatic rings. The second-order valence-electron chi connectivity index (χ2n) is 7.27. The molecule has 160 valence electrons. The molecule has 0 aromatic heterocycles. The first kappa shape index (κ1) is 21.3. The van der Waals surface area contributed by atoms with Crippen molar-refractivity contribution < 1.29 is 19.6 Å². The second kappa shape index (κ2) is 8.64. The maximum absolute atomic E-state index is 13.0. The van der Waals surface area contributed by atoms with Gasteiger partial charge >= 0.3 is 0 Å². The van der Waals surface area contributed by atoms with Crippen molar-refractivity contribution in [3.05, 3.63) is 116 Å². The molecule has 1 amide bonds. The van der Waals surface area contributed by atoms with E-state index in [0.717, 1.165) is 5.56 Å². The number of ketones is 1. The van der Waals surface area contributed by atoms with Crippen molar-refractivity contribution >= 4 is 34.7 Å². The summed E-state index contributed by atoms with van der Waals surface area (Å²) in [5, 5.41) is 22.5. The Bertz CT molecular complexity index is 1220. The number of non-ortho nitro benzene ring substituents is 1. The molecule has 7 nitrogen and oxygen atoms in total. The van der Waals surface area contributed by atoms with Crippen LogP contribution in [0.2, 0.25) is 5.02 Å². The third-order valence-corrected chi connectivity index (χ3v) is 5.52. The van der Waals surface area contributed by atoms with E-state index in [4.69, 9.17) is 11.6 Å². The number of hydrogen-bond donors (Lipinski definition) is 1. The summed E-state index contributed by atoms with van der Waals surface area (Å²) in [5.74, 6) is -1.91. The van der Waals surface area contributed by atoms with Crippen LogP contribution >= 0.6 is 11.6 Å². The van der Waals surface area contributed by atoms with E-state index in [9.17, 15) is 24.8 Å². The van der Waals surface area contributed by atoms with E-state index in [-0.39, 0.29) is 23.6 Å². The molecule has 1 heterocycles. The zero-order valence-corrected chi connectivity index (χ0v) is 17.4. The lowest BCUT2D eigenvalue weighted by molar-refractivity contribution is -0.384. The predicted octanol–water partition coefficient (Wildman–Crippen LogP) is 4.87. The fourth-order valence-corrected chi connectivity index (χ4v) is 3.84. The van der Waals surface area contributed by atoms with E-state index >= 15 is 0 Å². The minimum absolute atomic E-state index is 0.0814. The van der Waals surface area contributed by atoms with Crippen molar-refractivity contribution in [3.63, 3.8) is 0 Å². The molecule has 0 spiro atoms. The molecular weight excluding hydrogens is 432 g/mol. The molecule has 32 heavy (non-hydrogen) atoms. The monoisotopic (exact) mass is 448 g/mol. The van der Waals surface area contributed by atoms with E-state index < -0.39 is 22.7 Å². The number of carbonyl (C=O) groups excluding carboxylic acids is 2. The van der Waals surface area contributed by atoms with Crippen LogP contribution in [0.3, 0.4) is 0 Å². The number of Topliss-reactive ketones (excluding diaryl/α,β-unsaturated/α-hetero) is 1. The molecule has 1 atom stereocenters. The molecule has 0 radical (unpaired) electrons. The summed E-state index contributed by atoms with van der Waals surface area (Å²) in [6, 6.07) is 20.0. The number of nitrogens with zero attached hydrogens (tertiary/aromatic N) is 2. The van der Waals surface area contributed by atoms with Crippen molar-refractivity contribution in [2.75, 3.05) is 0 Å². The number of amides is 1. The van der Waals surface area contributed by atoms with Gasteiger partial charge in [-0.3, -0.25) is 19.7 Å². The molecular formula is C24H17ClN2O5. The van der Waals surface area contributed by atoms with E-state index in [1.165, 1.54) is 29.2 Å². The summed E-state index contributed by atoms with van der Waals surface area (Å²) < 4.78 is 0. The van der Waals surface area contributed by atoms with Gasteiger partial charge in [-0.05, 0) is 47.5 Å². The first-order valence-electron chi connectivity index (χ1n) is 9.69. The Kier molecular flexibility index (Phi) is 5.75. The fourth-order valence-electron chi connectivity index (χ4n) is 3.71. The zero-order chi connectivity index (χ0) is 22.8. The maximum atomic E-state index is 13.0. The predicted molar refractivity (Wildman–Crippen MR) is 119 cm³/mol. The lowest BCUT2D eigenvalue weighted by Crippen LogP contribution is -2.29. The van der Waals surface area contributed by atoms with Crippen LogP contribution in [-0.2, 0) is 16.1 Å². The number of carbonyl (C=O) groups is 2. The van der Waals surface area contributed by atoms with Crippen LogP contribution in [0.25, 0.3) is 5.76 Å². The highest BCUT2D eigenvalue weighted by Crippen LogP contribution is 2.40. The minimum Gasteiger partial charge on any atom is -0.507 e. The van der Waals surface area contributed by atoms with Gasteiger partial charge in [0.05, 0.1) is 16.5 Å². The van der Waals surface area contributed by atoms with Crippen molar-refractivity contribution in [1.29, 1.82) is 0 Å². The molecule has 0 saturated carbocycles. The van der Waals surface area contributed by atoms with Crippen LogP contribution < -0.4 is 0 Å². The average Bonchev–Trinajstić information content (AvgIpc) is 3.05. The van der Waals surface area contributed by atoms with Gasteiger partial charge in [-0.1, -0.05) is 41.9 Å². The Morgan fingerprint density at radius 2 is 1.59 bits per heavy atom. The third kappa shape index (κ3) is 3.98. The summed E-state index contributed by atoms with van der Waals surface area (Å²) in [7, 11) is 0. The van der Waals surface area contributed by atoms with Crippen LogP contribution in [0.1, 0.15) is 22.7 Å². The average molecular weight is 449 g/mol. The van der Waals surface area contributed by atoms with Gasteiger partial charge in [0.25, 0.3) is 17.4 Å². The van der Waals surface area contributed by atoms with Gasteiger partial charge in [-0.25, -0.2) is 0 Å². The molecule has 0 aliphatic carbocycles. The summed E-state index contributed by atoms with van der Waals surface area (Å²) >= 11 is 5.92. The minimum atomic E-state index is -0.910. The first-order valence-corrected chi connectivity index (χ1v) is 10.1. The summed E-state index contributed by atoms with van der Waals surface area (Å²) in [5.41, 5.74) is 1.40. The zero-order valence-electron chi connectivity index (χ0n) is 16.6. The van der Waals surface area contributed by atoms with Crippen molar-refractivity contribution in [3.8, 4) is 0 Å². The number of nitro benzene ring substituents is 1. The van der Waals surface area contributed by atoms with Crippen LogP contribution in [0.15, 0.2) is 84.4 Å². The van der Waals surface area contributed by atoms with Gasteiger partial charge in [0.15, 0.2) is 0 Å². The maximum Gasteiger partial charge on any atom is 0.295 e. The van der Waals surface area contributed by atoms with Gasteiger partial charge < -0.3 is 10.0 Å². The van der Waals surface area contributed by atoms with Gasteiger partial charge in [-0.15, -0.1) is 0 Å². The Hall–Kier alpha value is -3.97. The van der Waals surface area contributed by atoms with Crippen molar-refractivity contribution in [2.45, 2.75) is 12.6 Å². The third-order valence-electron chi connectivity index (χ3n) is 5.27. The van der Waals surface area contributed by atoms with E-state index in [0.29, 0.717) is 16.1 Å². The molecule has 0 bridgehead atoms. The number of aliphatic hydroxyl groups is 1. The van der Waals surface area contributed by atoms with Crippen LogP contribution in [0.5, 0.6) is 0 Å². The fraction of sp³-hybridized carbons (Fsp3) is 0.0833. The summed E-state index contributed by atoms with van der Waals surface area (Å²) in [6.45, 7) is 0.129. The van der Waals surface area contributed by atoms with Crippen LogP contribution in [0, 0.1) is 10.1 Å². The van der Waals surface area contributed by atoms with Crippen molar-refractivity contribution in [1.82, 2.24) is 4.90 Å². The molecule has 8 heteroatoms. The highest BCUT2D eigenvalue weighted by molar-refractivity contribution is 6.46. The summed E-state index contributed by atoms with van der Waals surface area (Å²) in [4.78, 5) is 37.9. The van der Waals surface area contributed by atoms with Gasteiger partial charge in [-0.2, -0.15) is 0 Å². The smallest absolute Gasteiger partial charge is 0.295 e. The molecule has 1 N–H and O–H groups in total. The molecule has 4 rings (SSSR count). The SMILES string of the molecule is O=C1C(=O)N(Cc2ccccc2)[C@@H](c2ccc([N+](=O)[O-])cc2)C1=C(O)c1ccc(Cl)cc1. The quantitative estimate of drug-likeness (QED) is 0.197. The topological polar surface area (TPSA) is 101 Å². The number of halogens is 1. The Balaban J connectivity index is 1.85. The van der Waals surface area contributed by atoms with E-state index in [2.05, 4.69) is 0 Å². The highest BCUT2D eigenvalue weighted by atomic mass is 35.5. The standard InChI is InChI=1S/C24H17ClN2O5/c25-18-10-6-17(7-11-18)22(28)20-21(16-8-12-19(13-9-16)27(31)32)26(24(30)23(20)29)14-15-4-2-1-3-5-15/h1-13,21,28H,14H2/t21-/m0/s1. The highest BCUT2D eigenvalue weighted by Gasteiger charge is 2.46. The number of hydrogen-bond acceptors (Lipinski definition) is 5. The van der Waals surface area contributed by atoms with E-state index in [1.807, 2.05) is 30.3 Å². The molecule has 1 saturated heterocycles. The number of likely N-dealkylation sites (tertiary alicyclic amines) is 1. The lowest BCUT2D eigenvalue weighted by atomic mass is 9.95. The molecule has 1 aliphatic heterocycles. The number of aliphatic hydroxyl groups excluding tert-OH is 1. The van der Waals surface area contributed by atoms with Gasteiger partial charge in [0.2, 0.25) is 0 Å². The lowest BCUT2D eigenvalue weighted by Gasteiger charge is -2.25. The molecule has 0 unspecified atom stereocenters. The Morgan fingerprint density at radius 1 is 0.969 bits per heavy atom. The normalized spacial score (nSPS) is 17.5. The molecule has 3 aromatic rings. The number of benzene rings is 3. The molecule has 3 aromatic carbocycles. The second-order valence-corrected chi connectivity index (χ2v) is 7.70. The first-order chi connectivity index (χ1) is 15.4. The van der Waals surface area contributed by atoms with Crippen LogP contribution in [0.4, 0.5) is 5.69 Å². The van der Waals surface area contributed by atoms with Gasteiger partial charge in [0, 0.05) is 29.3 Å². The molecule has 1 fully saturated rings. The largest absolute Gasteiger partial charge is 0.507 e. The number of nitro groups is 1. The van der Waals surface area contributed by atoms with Gasteiger partial charge in [0.1, 0.15) is 5.76 Å². The van der Waals surface area contributed by atoms with Crippen LogP contribution in [-0.4, -0.2) is 26.6 Å². The number of rotatable bonds is 5. The van der Waals surface area contributed by atoms with E-state index in [1.54, 1.807) is 24.3 Å².